The van der Waals surface area contributed by atoms with Crippen molar-refractivity contribution in [3.63, 3.8) is 0 Å². The molecule has 1 atom stereocenters. The number of anilines is 1. The van der Waals surface area contributed by atoms with E-state index >= 15 is 0 Å². The Morgan fingerprint density at radius 2 is 2.35 bits per heavy atom. The topological polar surface area (TPSA) is 88.2 Å². The Morgan fingerprint density at radius 3 is 2.88 bits per heavy atom. The van der Waals surface area contributed by atoms with Crippen LogP contribution in [-0.2, 0) is 9.59 Å². The highest BCUT2D eigenvalue weighted by Crippen LogP contribution is 2.18. The average molecular weight is 253 g/mol. The summed E-state index contributed by atoms with van der Waals surface area (Å²) < 4.78 is 0. The third-order valence-corrected chi connectivity index (χ3v) is 3.20. The van der Waals surface area contributed by atoms with Crippen LogP contribution in [0.1, 0.15) is 23.8 Å². The van der Waals surface area contributed by atoms with E-state index < -0.39 is 0 Å². The first kappa shape index (κ1) is 11.7. The van der Waals surface area contributed by atoms with Gasteiger partial charge >= 0.3 is 0 Å². The molecule has 2 amide bonds. The van der Waals surface area contributed by atoms with E-state index in [0.29, 0.717) is 17.4 Å². The zero-order valence-corrected chi connectivity index (χ0v) is 9.97. The Bertz CT molecular complexity index is 483. The van der Waals surface area contributed by atoms with Crippen molar-refractivity contribution >= 4 is 34.1 Å². The molecule has 1 unspecified atom stereocenters. The second-order valence-corrected chi connectivity index (χ2v) is 4.65. The summed E-state index contributed by atoms with van der Waals surface area (Å²) in [5.74, 6) is -0.854. The zero-order valence-electron chi connectivity index (χ0n) is 9.15. The van der Waals surface area contributed by atoms with Crippen molar-refractivity contribution < 1.29 is 14.4 Å². The van der Waals surface area contributed by atoms with Gasteiger partial charge in [0.05, 0.1) is 5.92 Å². The number of thiazole rings is 1. The van der Waals surface area contributed by atoms with Crippen molar-refractivity contribution in [3.05, 3.63) is 11.1 Å². The highest BCUT2D eigenvalue weighted by atomic mass is 32.1. The molecule has 1 fully saturated rings. The second-order valence-electron chi connectivity index (χ2n) is 3.79. The van der Waals surface area contributed by atoms with Gasteiger partial charge in [0, 0.05) is 25.3 Å². The van der Waals surface area contributed by atoms with Gasteiger partial charge in [0.25, 0.3) is 0 Å². The third kappa shape index (κ3) is 2.68. The molecule has 0 aromatic carbocycles. The number of carbonyl (C=O) groups excluding carboxylic acids is 3. The largest absolute Gasteiger partial charge is 0.355 e. The van der Waals surface area contributed by atoms with E-state index in [0.717, 1.165) is 0 Å². The van der Waals surface area contributed by atoms with Crippen molar-refractivity contribution in [1.82, 2.24) is 10.3 Å². The van der Waals surface area contributed by atoms with E-state index in [1.165, 1.54) is 18.3 Å². The van der Waals surface area contributed by atoms with Gasteiger partial charge in [-0.3, -0.25) is 14.4 Å². The molecule has 6 nitrogen and oxygen atoms in total. The minimum atomic E-state index is -0.354. The lowest BCUT2D eigenvalue weighted by Gasteiger charge is -2.05. The predicted molar refractivity (Wildman–Crippen MR) is 61.9 cm³/mol. The first-order valence-corrected chi connectivity index (χ1v) is 5.98. The summed E-state index contributed by atoms with van der Waals surface area (Å²) in [5, 5.41) is 7.17. The van der Waals surface area contributed by atoms with E-state index in [1.54, 1.807) is 5.38 Å². The molecule has 1 aliphatic rings. The fourth-order valence-electron chi connectivity index (χ4n) is 1.49. The van der Waals surface area contributed by atoms with Crippen molar-refractivity contribution in [2.45, 2.75) is 13.3 Å². The number of ketones is 1. The zero-order chi connectivity index (χ0) is 12.4. The molecule has 1 aliphatic heterocycles. The monoisotopic (exact) mass is 253 g/mol. The molecule has 0 spiro atoms. The Morgan fingerprint density at radius 1 is 1.59 bits per heavy atom. The first-order valence-electron chi connectivity index (χ1n) is 5.10. The van der Waals surface area contributed by atoms with Crippen LogP contribution in [0.5, 0.6) is 0 Å². The second kappa shape index (κ2) is 4.62. The molecule has 2 N–H and O–H groups in total. The number of nitrogens with one attached hydrogen (secondary N) is 2. The Balaban J connectivity index is 1.98. The fourth-order valence-corrected chi connectivity index (χ4v) is 2.24. The van der Waals surface area contributed by atoms with Gasteiger partial charge in [0.15, 0.2) is 10.9 Å². The number of hydrogen-bond donors (Lipinski definition) is 2. The van der Waals surface area contributed by atoms with Crippen LogP contribution in [0.3, 0.4) is 0 Å². The number of rotatable bonds is 3. The summed E-state index contributed by atoms with van der Waals surface area (Å²) in [6.07, 6.45) is 0.205. The molecule has 17 heavy (non-hydrogen) atoms. The van der Waals surface area contributed by atoms with Gasteiger partial charge in [-0.15, -0.1) is 11.3 Å². The summed E-state index contributed by atoms with van der Waals surface area (Å²) in [5.41, 5.74) is 0.339. The van der Waals surface area contributed by atoms with E-state index in [1.807, 2.05) is 0 Å². The molecular formula is C10H11N3O3S. The highest BCUT2D eigenvalue weighted by Gasteiger charge is 2.28. The maximum absolute atomic E-state index is 11.7. The quantitative estimate of drug-likeness (QED) is 0.764. The lowest BCUT2D eigenvalue weighted by atomic mass is 10.1. The summed E-state index contributed by atoms with van der Waals surface area (Å²) in [6.45, 7) is 1.77. The Hall–Kier alpha value is -1.76. The maximum atomic E-state index is 11.7. The lowest BCUT2D eigenvalue weighted by molar-refractivity contribution is -0.123. The first-order chi connectivity index (χ1) is 8.06. The number of nitrogens with zero attached hydrogens (tertiary/aromatic N) is 1. The number of Topliss-reactive ketones (excluding diaryl/α,β-unsaturated/α-hetero) is 1. The van der Waals surface area contributed by atoms with Crippen LogP contribution in [0.2, 0.25) is 0 Å². The third-order valence-electron chi connectivity index (χ3n) is 2.44. The van der Waals surface area contributed by atoms with Crippen molar-refractivity contribution in [2.24, 2.45) is 5.92 Å². The van der Waals surface area contributed by atoms with Gasteiger partial charge in [-0.2, -0.15) is 0 Å². The van der Waals surface area contributed by atoms with Gasteiger partial charge in [-0.05, 0) is 0 Å². The standard InChI is InChI=1S/C10H11N3O3S/c1-5(14)7-4-17-10(12-7)13-9(16)6-2-8(15)11-3-6/h4,6H,2-3H2,1H3,(H,11,15)(H,12,13,16). The Kier molecular flexibility index (Phi) is 3.19. The van der Waals surface area contributed by atoms with Crippen molar-refractivity contribution in [3.8, 4) is 0 Å². The van der Waals surface area contributed by atoms with Gasteiger partial charge in [0.1, 0.15) is 5.69 Å². The molecule has 0 bridgehead atoms. The average Bonchev–Trinajstić information content (AvgIpc) is 2.86. The molecule has 1 aromatic heterocycles. The molecule has 0 aliphatic carbocycles. The SMILES string of the molecule is CC(=O)c1csc(NC(=O)C2CNC(=O)C2)n1. The predicted octanol–water partition coefficient (Wildman–Crippen LogP) is 0.420. The summed E-state index contributed by atoms with van der Waals surface area (Å²) in [4.78, 5) is 37.7. The summed E-state index contributed by atoms with van der Waals surface area (Å²) in [7, 11) is 0. The van der Waals surface area contributed by atoms with E-state index in [2.05, 4.69) is 15.6 Å². The number of hydrogen-bond acceptors (Lipinski definition) is 5. The number of carbonyl (C=O) groups is 3. The van der Waals surface area contributed by atoms with Crippen LogP contribution in [-0.4, -0.2) is 29.1 Å². The van der Waals surface area contributed by atoms with Crippen LogP contribution in [0.4, 0.5) is 5.13 Å². The molecule has 0 radical (unpaired) electrons. The minimum Gasteiger partial charge on any atom is -0.355 e. The van der Waals surface area contributed by atoms with E-state index in [4.69, 9.17) is 0 Å². The molecule has 2 rings (SSSR count). The smallest absolute Gasteiger partial charge is 0.231 e. The van der Waals surface area contributed by atoms with Gasteiger partial charge < -0.3 is 10.6 Å². The van der Waals surface area contributed by atoms with Gasteiger partial charge in [-0.1, -0.05) is 0 Å². The molecule has 1 saturated heterocycles. The molecule has 2 heterocycles. The molecular weight excluding hydrogens is 242 g/mol. The fraction of sp³-hybridized carbons (Fsp3) is 0.400. The van der Waals surface area contributed by atoms with Crippen molar-refractivity contribution in [1.29, 1.82) is 0 Å². The van der Waals surface area contributed by atoms with Crippen molar-refractivity contribution in [2.75, 3.05) is 11.9 Å². The van der Waals surface area contributed by atoms with E-state index in [9.17, 15) is 14.4 Å². The summed E-state index contributed by atoms with van der Waals surface area (Å²) in [6, 6.07) is 0. The number of amides is 2. The molecule has 1 aromatic rings. The normalized spacial score (nSPS) is 18.9. The Labute approximate surface area is 101 Å². The number of aromatic nitrogens is 1. The molecule has 0 saturated carbocycles. The van der Waals surface area contributed by atoms with Crippen LogP contribution in [0, 0.1) is 5.92 Å². The van der Waals surface area contributed by atoms with Gasteiger partial charge in [0.2, 0.25) is 11.8 Å². The highest BCUT2D eigenvalue weighted by molar-refractivity contribution is 7.14. The molecule has 7 heteroatoms. The van der Waals surface area contributed by atoms with E-state index in [-0.39, 0.29) is 29.9 Å². The van der Waals surface area contributed by atoms with Crippen LogP contribution < -0.4 is 10.6 Å². The molecule has 90 valence electrons. The van der Waals surface area contributed by atoms with Crippen LogP contribution >= 0.6 is 11.3 Å². The summed E-state index contributed by atoms with van der Waals surface area (Å²) >= 11 is 1.20. The lowest BCUT2D eigenvalue weighted by Crippen LogP contribution is -2.24. The van der Waals surface area contributed by atoms with Gasteiger partial charge in [-0.25, -0.2) is 4.98 Å². The van der Waals surface area contributed by atoms with Crippen LogP contribution in [0.25, 0.3) is 0 Å². The maximum Gasteiger partial charge on any atom is 0.231 e. The van der Waals surface area contributed by atoms with Crippen LogP contribution in [0.15, 0.2) is 5.38 Å². The minimum absolute atomic E-state index is 0.117.